The molecule has 2 amide bonds. The number of likely N-dealkylation sites (tertiary alicyclic amines) is 1. The zero-order valence-corrected chi connectivity index (χ0v) is 13.8. The van der Waals surface area contributed by atoms with Gasteiger partial charge in [-0.15, -0.1) is 6.58 Å². The van der Waals surface area contributed by atoms with Gasteiger partial charge in [0.15, 0.2) is 0 Å². The zero-order chi connectivity index (χ0) is 16.4. The van der Waals surface area contributed by atoms with E-state index in [1.54, 1.807) is 15.9 Å². The first-order chi connectivity index (χ1) is 9.56. The second-order valence-electron chi connectivity index (χ2n) is 7.14. The number of hydrogen-bond acceptors (Lipinski definition) is 2. The molecule has 0 aromatic rings. The van der Waals surface area contributed by atoms with Gasteiger partial charge in [-0.1, -0.05) is 19.9 Å². The van der Waals surface area contributed by atoms with E-state index in [0.717, 1.165) is 0 Å². The lowest BCUT2D eigenvalue weighted by Gasteiger charge is -2.38. The molecule has 5 nitrogen and oxygen atoms in total. The van der Waals surface area contributed by atoms with Crippen LogP contribution in [0.15, 0.2) is 12.7 Å². The van der Waals surface area contributed by atoms with Gasteiger partial charge in [0.2, 0.25) is 0 Å². The molecule has 1 atom stereocenters. The molecule has 0 spiro atoms. The lowest BCUT2D eigenvalue weighted by molar-refractivity contribution is -0.150. The molecule has 0 aromatic carbocycles. The Morgan fingerprint density at radius 1 is 1.43 bits per heavy atom. The van der Waals surface area contributed by atoms with Crippen molar-refractivity contribution < 1.29 is 14.7 Å². The van der Waals surface area contributed by atoms with Crippen molar-refractivity contribution in [3.8, 4) is 0 Å². The van der Waals surface area contributed by atoms with Crippen LogP contribution >= 0.6 is 0 Å². The van der Waals surface area contributed by atoms with E-state index in [9.17, 15) is 14.7 Å². The fraction of sp³-hybridized carbons (Fsp3) is 0.750. The maximum Gasteiger partial charge on any atom is 0.320 e. The summed E-state index contributed by atoms with van der Waals surface area (Å²) in [5.41, 5.74) is -1.15. The topological polar surface area (TPSA) is 60.9 Å². The van der Waals surface area contributed by atoms with Gasteiger partial charge in [-0.05, 0) is 33.1 Å². The summed E-state index contributed by atoms with van der Waals surface area (Å²) >= 11 is 0. The van der Waals surface area contributed by atoms with Crippen molar-refractivity contribution in [3.05, 3.63) is 12.7 Å². The molecule has 0 aliphatic carbocycles. The highest BCUT2D eigenvalue weighted by molar-refractivity contribution is 5.80. The van der Waals surface area contributed by atoms with Crippen LogP contribution < -0.4 is 0 Å². The summed E-state index contributed by atoms with van der Waals surface area (Å²) in [7, 11) is 0. The summed E-state index contributed by atoms with van der Waals surface area (Å²) in [6, 6.07) is -0.105. The number of carboxylic acid groups (broad SMARTS) is 1. The van der Waals surface area contributed by atoms with Crippen molar-refractivity contribution >= 4 is 12.0 Å². The first-order valence-corrected chi connectivity index (χ1v) is 7.47. The lowest BCUT2D eigenvalue weighted by Crippen LogP contribution is -2.52. The first kappa shape index (κ1) is 17.5. The first-order valence-electron chi connectivity index (χ1n) is 7.47. The molecule has 0 bridgehead atoms. The minimum atomic E-state index is -0.826. The average molecular weight is 296 g/mol. The van der Waals surface area contributed by atoms with Crippen LogP contribution in [-0.2, 0) is 4.79 Å². The van der Waals surface area contributed by atoms with Crippen LogP contribution in [-0.4, -0.2) is 52.1 Å². The van der Waals surface area contributed by atoms with Crippen LogP contribution in [0.4, 0.5) is 4.79 Å². The summed E-state index contributed by atoms with van der Waals surface area (Å²) in [6.45, 7) is 14.7. The number of aliphatic carboxylic acids is 1. The van der Waals surface area contributed by atoms with Gasteiger partial charge < -0.3 is 14.9 Å². The molecule has 1 rings (SSSR count). The number of nitrogens with zero attached hydrogens (tertiary/aromatic N) is 2. The van der Waals surface area contributed by atoms with Crippen LogP contribution in [0, 0.1) is 11.3 Å². The number of carboxylic acids is 1. The Morgan fingerprint density at radius 2 is 2.00 bits per heavy atom. The Kier molecular flexibility index (Phi) is 5.07. The average Bonchev–Trinajstić information content (AvgIpc) is 2.80. The van der Waals surface area contributed by atoms with E-state index in [-0.39, 0.29) is 24.0 Å². The Balaban J connectivity index is 2.95. The van der Waals surface area contributed by atoms with Crippen LogP contribution in [0.2, 0.25) is 0 Å². The molecule has 1 aliphatic heterocycles. The molecular weight excluding hydrogens is 268 g/mol. The van der Waals surface area contributed by atoms with Crippen LogP contribution in [0.1, 0.15) is 41.0 Å². The molecule has 5 heteroatoms. The number of urea groups is 1. The number of hydrogen-bond donors (Lipinski definition) is 1. The third-order valence-electron chi connectivity index (χ3n) is 4.45. The molecule has 21 heavy (non-hydrogen) atoms. The Bertz CT molecular complexity index is 426. The number of carbonyl (C=O) groups excluding carboxylic acids is 1. The number of amides is 2. The quantitative estimate of drug-likeness (QED) is 0.811. The van der Waals surface area contributed by atoms with Gasteiger partial charge in [-0.25, -0.2) is 4.79 Å². The third kappa shape index (κ3) is 3.39. The van der Waals surface area contributed by atoms with E-state index in [2.05, 4.69) is 6.58 Å². The second kappa shape index (κ2) is 6.08. The molecule has 0 aromatic heterocycles. The van der Waals surface area contributed by atoms with Crippen LogP contribution in [0.25, 0.3) is 0 Å². The smallest absolute Gasteiger partial charge is 0.320 e. The normalized spacial score (nSPS) is 22.5. The maximum absolute atomic E-state index is 12.7. The van der Waals surface area contributed by atoms with Gasteiger partial charge in [0.1, 0.15) is 0 Å². The molecule has 1 heterocycles. The standard InChI is InChI=1S/C16H28N2O3/c1-7-9-18(15(4,5)6)14(21)17-10-8-16(11-17,12(2)3)13(19)20/h7,12H,1,8-11H2,2-6H3,(H,19,20). The predicted molar refractivity (Wildman–Crippen MR) is 83.1 cm³/mol. The minimum absolute atomic E-state index is 0.00436. The van der Waals surface area contributed by atoms with Crippen molar-refractivity contribution in [2.75, 3.05) is 19.6 Å². The van der Waals surface area contributed by atoms with Crippen molar-refractivity contribution in [1.29, 1.82) is 0 Å². The summed E-state index contributed by atoms with van der Waals surface area (Å²) in [5.74, 6) is -0.811. The van der Waals surface area contributed by atoms with E-state index < -0.39 is 11.4 Å². The Morgan fingerprint density at radius 3 is 2.33 bits per heavy atom. The Hall–Kier alpha value is -1.52. The molecule has 1 unspecified atom stereocenters. The fourth-order valence-electron chi connectivity index (χ4n) is 2.83. The van der Waals surface area contributed by atoms with E-state index in [1.165, 1.54) is 0 Å². The minimum Gasteiger partial charge on any atom is -0.481 e. The summed E-state index contributed by atoms with van der Waals surface area (Å²) in [4.78, 5) is 27.8. The third-order valence-corrected chi connectivity index (χ3v) is 4.45. The van der Waals surface area contributed by atoms with Crippen molar-refractivity contribution in [1.82, 2.24) is 9.80 Å². The molecular formula is C16H28N2O3. The van der Waals surface area contributed by atoms with Gasteiger partial charge in [0.25, 0.3) is 0 Å². The molecule has 1 fully saturated rings. The van der Waals surface area contributed by atoms with Gasteiger partial charge in [-0.3, -0.25) is 4.79 Å². The van der Waals surface area contributed by atoms with E-state index in [1.807, 2.05) is 34.6 Å². The van der Waals surface area contributed by atoms with Gasteiger partial charge in [-0.2, -0.15) is 0 Å². The monoisotopic (exact) mass is 296 g/mol. The van der Waals surface area contributed by atoms with Crippen molar-refractivity contribution in [3.63, 3.8) is 0 Å². The fourth-order valence-corrected chi connectivity index (χ4v) is 2.83. The predicted octanol–water partition coefficient (Wildman–Crippen LogP) is 2.83. The zero-order valence-electron chi connectivity index (χ0n) is 13.8. The largest absolute Gasteiger partial charge is 0.481 e. The molecule has 1 aliphatic rings. The van der Waals surface area contributed by atoms with Crippen molar-refractivity contribution in [2.24, 2.45) is 11.3 Å². The molecule has 0 saturated carbocycles. The molecule has 0 radical (unpaired) electrons. The van der Waals surface area contributed by atoms with Crippen molar-refractivity contribution in [2.45, 2.75) is 46.6 Å². The molecule has 1 saturated heterocycles. The van der Waals surface area contributed by atoms with Crippen LogP contribution in [0.5, 0.6) is 0 Å². The molecule has 120 valence electrons. The van der Waals surface area contributed by atoms with Gasteiger partial charge in [0, 0.05) is 25.2 Å². The summed E-state index contributed by atoms with van der Waals surface area (Å²) < 4.78 is 0. The second-order valence-corrected chi connectivity index (χ2v) is 7.14. The van der Waals surface area contributed by atoms with Crippen LogP contribution in [0.3, 0.4) is 0 Å². The maximum atomic E-state index is 12.7. The highest BCUT2D eigenvalue weighted by Gasteiger charge is 2.49. The summed E-state index contributed by atoms with van der Waals surface area (Å²) in [5, 5.41) is 9.57. The van der Waals surface area contributed by atoms with Gasteiger partial charge in [0.05, 0.1) is 5.41 Å². The summed E-state index contributed by atoms with van der Waals surface area (Å²) in [6.07, 6.45) is 2.21. The van der Waals surface area contributed by atoms with Gasteiger partial charge >= 0.3 is 12.0 Å². The van der Waals surface area contributed by atoms with E-state index in [4.69, 9.17) is 0 Å². The van der Waals surface area contributed by atoms with E-state index >= 15 is 0 Å². The highest BCUT2D eigenvalue weighted by atomic mass is 16.4. The number of carbonyl (C=O) groups is 2. The highest BCUT2D eigenvalue weighted by Crippen LogP contribution is 2.38. The SMILES string of the molecule is C=CCN(C(=O)N1CCC(C(=O)O)(C(C)C)C1)C(C)(C)C. The number of rotatable bonds is 4. The lowest BCUT2D eigenvalue weighted by atomic mass is 9.76. The molecule has 1 N–H and O–H groups in total. The van der Waals surface area contributed by atoms with E-state index in [0.29, 0.717) is 19.5 Å². The Labute approximate surface area is 127 Å².